The average Bonchev–Trinajstić information content (AvgIpc) is 2.84. The van der Waals surface area contributed by atoms with Gasteiger partial charge in [0.1, 0.15) is 0 Å². The van der Waals surface area contributed by atoms with Crippen molar-refractivity contribution < 1.29 is 13.2 Å². The molecular weight excluding hydrogens is 288 g/mol. The zero-order valence-corrected chi connectivity index (χ0v) is 13.5. The molecule has 0 saturated carbocycles. The first-order chi connectivity index (χ1) is 9.85. The molecule has 21 heavy (non-hydrogen) atoms. The number of rotatable bonds is 5. The van der Waals surface area contributed by atoms with Crippen LogP contribution in [0.4, 0.5) is 5.69 Å². The van der Waals surface area contributed by atoms with Crippen LogP contribution in [0.15, 0.2) is 23.1 Å². The van der Waals surface area contributed by atoms with Gasteiger partial charge in [-0.3, -0.25) is 4.79 Å². The summed E-state index contributed by atoms with van der Waals surface area (Å²) in [6.07, 6.45) is 2.15. The van der Waals surface area contributed by atoms with Gasteiger partial charge < -0.3 is 4.90 Å². The van der Waals surface area contributed by atoms with Gasteiger partial charge in [0, 0.05) is 24.7 Å². The summed E-state index contributed by atoms with van der Waals surface area (Å²) in [5.41, 5.74) is 1.61. The van der Waals surface area contributed by atoms with Gasteiger partial charge in [0.2, 0.25) is 15.9 Å². The maximum Gasteiger partial charge on any atom is 0.240 e. The number of benzene rings is 1. The number of nitrogens with one attached hydrogen (secondary N) is 1. The van der Waals surface area contributed by atoms with Crippen molar-refractivity contribution in [3.05, 3.63) is 23.8 Å². The van der Waals surface area contributed by atoms with E-state index in [2.05, 4.69) is 4.72 Å². The van der Waals surface area contributed by atoms with Crippen LogP contribution in [0.3, 0.4) is 0 Å². The van der Waals surface area contributed by atoms with E-state index >= 15 is 0 Å². The van der Waals surface area contributed by atoms with Gasteiger partial charge in [-0.1, -0.05) is 6.92 Å². The smallest absolute Gasteiger partial charge is 0.240 e. The highest BCUT2D eigenvalue weighted by atomic mass is 32.2. The van der Waals surface area contributed by atoms with E-state index in [0.717, 1.165) is 24.1 Å². The minimum Gasteiger partial charge on any atom is -0.312 e. The minimum absolute atomic E-state index is 0.102. The van der Waals surface area contributed by atoms with Crippen molar-refractivity contribution in [2.45, 2.75) is 51.0 Å². The Kier molecular flexibility index (Phi) is 4.68. The van der Waals surface area contributed by atoms with Crippen LogP contribution in [0.25, 0.3) is 0 Å². The lowest BCUT2D eigenvalue weighted by Crippen LogP contribution is -2.32. The Hall–Kier alpha value is -1.40. The van der Waals surface area contributed by atoms with Gasteiger partial charge in [-0.05, 0) is 50.5 Å². The molecule has 1 aromatic rings. The summed E-state index contributed by atoms with van der Waals surface area (Å²) in [5.74, 6) is 0.103. The van der Waals surface area contributed by atoms with Gasteiger partial charge in [0.25, 0.3) is 0 Å². The zero-order valence-electron chi connectivity index (χ0n) is 12.7. The van der Waals surface area contributed by atoms with Crippen molar-refractivity contribution in [2.75, 3.05) is 11.4 Å². The second-order valence-corrected chi connectivity index (χ2v) is 7.24. The highest BCUT2D eigenvalue weighted by Crippen LogP contribution is 2.27. The summed E-state index contributed by atoms with van der Waals surface area (Å²) in [4.78, 5) is 13.8. The molecule has 1 aliphatic heterocycles. The summed E-state index contributed by atoms with van der Waals surface area (Å²) in [5, 5.41) is 0. The predicted octanol–water partition coefficient (Wildman–Crippen LogP) is 2.20. The van der Waals surface area contributed by atoms with Gasteiger partial charge in [-0.15, -0.1) is 0 Å². The Balaban J connectivity index is 2.29. The number of aryl methyl sites for hydroxylation is 1. The third kappa shape index (κ3) is 3.44. The first-order valence-electron chi connectivity index (χ1n) is 7.28. The zero-order chi connectivity index (χ0) is 15.6. The molecule has 1 heterocycles. The Morgan fingerprint density at radius 3 is 2.62 bits per heavy atom. The summed E-state index contributed by atoms with van der Waals surface area (Å²) in [6, 6.07) is 4.82. The number of sulfonamides is 1. The Morgan fingerprint density at radius 2 is 2.10 bits per heavy atom. The lowest BCUT2D eigenvalue weighted by molar-refractivity contribution is -0.117. The molecule has 2 rings (SSSR count). The summed E-state index contributed by atoms with van der Waals surface area (Å²) >= 11 is 0. The van der Waals surface area contributed by atoms with Gasteiger partial charge >= 0.3 is 0 Å². The van der Waals surface area contributed by atoms with Gasteiger partial charge in [-0.2, -0.15) is 0 Å². The normalized spacial score (nSPS) is 17.3. The Labute approximate surface area is 126 Å². The summed E-state index contributed by atoms with van der Waals surface area (Å²) in [6.45, 7) is 6.31. The van der Waals surface area contributed by atoms with Gasteiger partial charge in [0.15, 0.2) is 0 Å². The number of amides is 1. The quantitative estimate of drug-likeness (QED) is 0.906. The van der Waals surface area contributed by atoms with Crippen LogP contribution >= 0.6 is 0 Å². The van der Waals surface area contributed by atoms with Crippen molar-refractivity contribution in [3.8, 4) is 0 Å². The number of carbonyl (C=O) groups is 1. The van der Waals surface area contributed by atoms with E-state index in [1.54, 1.807) is 23.1 Å². The molecule has 0 bridgehead atoms. The van der Waals surface area contributed by atoms with Crippen LogP contribution in [0.1, 0.15) is 38.7 Å². The number of nitrogens with zero attached hydrogens (tertiary/aromatic N) is 1. The lowest BCUT2D eigenvalue weighted by atomic mass is 10.2. The maximum atomic E-state index is 12.3. The first kappa shape index (κ1) is 16.0. The number of carbonyl (C=O) groups excluding carboxylic acids is 1. The molecule has 1 atom stereocenters. The van der Waals surface area contributed by atoms with Crippen LogP contribution in [0, 0.1) is 6.92 Å². The molecule has 1 aromatic carbocycles. The molecule has 0 unspecified atom stereocenters. The topological polar surface area (TPSA) is 66.5 Å². The molecule has 1 aliphatic rings. The van der Waals surface area contributed by atoms with Crippen molar-refractivity contribution in [1.82, 2.24) is 4.72 Å². The second-order valence-electron chi connectivity index (χ2n) is 5.53. The lowest BCUT2D eigenvalue weighted by Gasteiger charge is -2.19. The fourth-order valence-corrected chi connectivity index (χ4v) is 3.83. The second kappa shape index (κ2) is 6.15. The molecular formula is C15H22N2O3S. The molecule has 0 aliphatic carbocycles. The van der Waals surface area contributed by atoms with E-state index in [-0.39, 0.29) is 16.8 Å². The van der Waals surface area contributed by atoms with E-state index in [4.69, 9.17) is 0 Å². The molecule has 1 amide bonds. The minimum atomic E-state index is -3.50. The third-order valence-corrected chi connectivity index (χ3v) is 5.40. The van der Waals surface area contributed by atoms with E-state index < -0.39 is 10.0 Å². The van der Waals surface area contributed by atoms with Crippen LogP contribution in [-0.2, 0) is 14.8 Å². The molecule has 1 saturated heterocycles. The van der Waals surface area contributed by atoms with Crippen molar-refractivity contribution in [3.63, 3.8) is 0 Å². The van der Waals surface area contributed by atoms with E-state index in [1.165, 1.54) is 0 Å². The van der Waals surface area contributed by atoms with E-state index in [9.17, 15) is 13.2 Å². The third-order valence-electron chi connectivity index (χ3n) is 3.81. The molecule has 1 N–H and O–H groups in total. The number of hydrogen-bond acceptors (Lipinski definition) is 3. The Bertz CT molecular complexity index is 640. The van der Waals surface area contributed by atoms with Gasteiger partial charge in [-0.25, -0.2) is 13.1 Å². The summed E-state index contributed by atoms with van der Waals surface area (Å²) < 4.78 is 27.2. The van der Waals surface area contributed by atoms with Crippen LogP contribution in [0.5, 0.6) is 0 Å². The van der Waals surface area contributed by atoms with Crippen molar-refractivity contribution in [2.24, 2.45) is 0 Å². The van der Waals surface area contributed by atoms with Crippen LogP contribution in [0.2, 0.25) is 0 Å². The maximum absolute atomic E-state index is 12.3. The van der Waals surface area contributed by atoms with E-state index in [0.29, 0.717) is 13.0 Å². The molecule has 6 heteroatoms. The largest absolute Gasteiger partial charge is 0.312 e. The molecule has 0 radical (unpaired) electrons. The fourth-order valence-electron chi connectivity index (χ4n) is 2.42. The standard InChI is InChI=1S/C15H22N2O3S/c1-4-12(3)16-21(19,20)13-7-8-14(11(2)10-13)17-9-5-6-15(17)18/h7-8,10,12,16H,4-6,9H2,1-3H3/t12-/m0/s1. The highest BCUT2D eigenvalue weighted by molar-refractivity contribution is 7.89. The van der Waals surface area contributed by atoms with Crippen LogP contribution in [-0.4, -0.2) is 26.9 Å². The number of hydrogen-bond donors (Lipinski definition) is 1. The van der Waals surface area contributed by atoms with Crippen molar-refractivity contribution >= 4 is 21.6 Å². The molecule has 0 aromatic heterocycles. The molecule has 5 nitrogen and oxygen atoms in total. The van der Waals surface area contributed by atoms with Crippen LogP contribution < -0.4 is 9.62 Å². The monoisotopic (exact) mass is 310 g/mol. The Morgan fingerprint density at radius 1 is 1.38 bits per heavy atom. The predicted molar refractivity (Wildman–Crippen MR) is 82.8 cm³/mol. The number of anilines is 1. The molecule has 116 valence electrons. The molecule has 1 fully saturated rings. The van der Waals surface area contributed by atoms with Crippen molar-refractivity contribution in [1.29, 1.82) is 0 Å². The van der Waals surface area contributed by atoms with E-state index in [1.807, 2.05) is 20.8 Å². The highest BCUT2D eigenvalue weighted by Gasteiger charge is 2.24. The SMILES string of the molecule is CC[C@H](C)NS(=O)(=O)c1ccc(N2CCCC2=O)c(C)c1. The first-order valence-corrected chi connectivity index (χ1v) is 8.77. The average molecular weight is 310 g/mol. The fraction of sp³-hybridized carbons (Fsp3) is 0.533. The van der Waals surface area contributed by atoms with Gasteiger partial charge in [0.05, 0.1) is 4.90 Å². The molecule has 0 spiro atoms. The summed E-state index contributed by atoms with van der Waals surface area (Å²) in [7, 11) is -3.50.